The Morgan fingerprint density at radius 1 is 1.19 bits per heavy atom. The SMILES string of the molecule is CC(C)C1(N)c2ccccc2CC1(C)C.Cl. The summed E-state index contributed by atoms with van der Waals surface area (Å²) in [6.45, 7) is 9.02. The van der Waals surface area contributed by atoms with Crippen molar-refractivity contribution in [2.75, 3.05) is 0 Å². The zero-order valence-electron chi connectivity index (χ0n) is 10.6. The summed E-state index contributed by atoms with van der Waals surface area (Å²) in [5.74, 6) is 0.469. The first-order valence-corrected chi connectivity index (χ1v) is 5.77. The maximum atomic E-state index is 6.69. The van der Waals surface area contributed by atoms with E-state index >= 15 is 0 Å². The Hall–Kier alpha value is -0.530. The fourth-order valence-corrected chi connectivity index (χ4v) is 3.16. The smallest absolute Gasteiger partial charge is 0.0490 e. The maximum Gasteiger partial charge on any atom is 0.0490 e. The average Bonchev–Trinajstić information content (AvgIpc) is 2.36. The van der Waals surface area contributed by atoms with E-state index in [0.29, 0.717) is 5.92 Å². The van der Waals surface area contributed by atoms with E-state index in [1.54, 1.807) is 0 Å². The summed E-state index contributed by atoms with van der Waals surface area (Å²) in [4.78, 5) is 0. The highest BCUT2D eigenvalue weighted by Gasteiger charge is 2.51. The second-order valence-corrected chi connectivity index (χ2v) is 5.74. The standard InChI is InChI=1S/C14H21N.ClH/c1-10(2)14(15)12-8-6-5-7-11(12)9-13(14,3)4;/h5-8,10H,9,15H2,1-4H3;1H. The molecule has 1 aliphatic carbocycles. The minimum absolute atomic E-state index is 0. The monoisotopic (exact) mass is 239 g/mol. The summed E-state index contributed by atoms with van der Waals surface area (Å²) >= 11 is 0. The summed E-state index contributed by atoms with van der Waals surface area (Å²) < 4.78 is 0. The Bertz CT molecular complexity index is 384. The molecule has 2 heteroatoms. The van der Waals surface area contributed by atoms with Gasteiger partial charge in [0.05, 0.1) is 0 Å². The Kier molecular flexibility index (Phi) is 3.42. The minimum Gasteiger partial charge on any atom is -0.321 e. The summed E-state index contributed by atoms with van der Waals surface area (Å²) in [6.07, 6.45) is 1.10. The third-order valence-corrected chi connectivity index (χ3v) is 4.13. The molecule has 0 fully saturated rings. The van der Waals surface area contributed by atoms with Gasteiger partial charge in [0, 0.05) is 5.54 Å². The number of hydrogen-bond donors (Lipinski definition) is 1. The van der Waals surface area contributed by atoms with Crippen molar-refractivity contribution < 1.29 is 0 Å². The van der Waals surface area contributed by atoms with Crippen molar-refractivity contribution in [3.05, 3.63) is 35.4 Å². The van der Waals surface area contributed by atoms with Gasteiger partial charge in [-0.05, 0) is 28.9 Å². The van der Waals surface area contributed by atoms with Gasteiger partial charge in [-0.2, -0.15) is 0 Å². The lowest BCUT2D eigenvalue weighted by Gasteiger charge is -2.42. The molecule has 0 heterocycles. The van der Waals surface area contributed by atoms with Gasteiger partial charge in [-0.1, -0.05) is 52.0 Å². The van der Waals surface area contributed by atoms with Gasteiger partial charge in [-0.3, -0.25) is 0 Å². The van der Waals surface area contributed by atoms with E-state index in [9.17, 15) is 0 Å². The van der Waals surface area contributed by atoms with Gasteiger partial charge < -0.3 is 5.73 Å². The summed E-state index contributed by atoms with van der Waals surface area (Å²) in [6, 6.07) is 8.63. The first-order valence-electron chi connectivity index (χ1n) is 5.77. The van der Waals surface area contributed by atoms with Gasteiger partial charge in [0.25, 0.3) is 0 Å². The quantitative estimate of drug-likeness (QED) is 0.798. The molecule has 16 heavy (non-hydrogen) atoms. The fourth-order valence-electron chi connectivity index (χ4n) is 3.16. The lowest BCUT2D eigenvalue weighted by Crippen LogP contribution is -2.51. The van der Waals surface area contributed by atoms with Crippen LogP contribution in [0.25, 0.3) is 0 Å². The molecule has 2 N–H and O–H groups in total. The Morgan fingerprint density at radius 2 is 1.75 bits per heavy atom. The van der Waals surface area contributed by atoms with Crippen LogP contribution in [0.1, 0.15) is 38.8 Å². The van der Waals surface area contributed by atoms with E-state index < -0.39 is 0 Å². The molecule has 0 aromatic heterocycles. The minimum atomic E-state index is -0.177. The van der Waals surface area contributed by atoms with Crippen molar-refractivity contribution in [2.45, 2.75) is 39.7 Å². The Balaban J connectivity index is 0.00000128. The van der Waals surface area contributed by atoms with Gasteiger partial charge in [0.2, 0.25) is 0 Å². The van der Waals surface area contributed by atoms with Crippen molar-refractivity contribution in [3.8, 4) is 0 Å². The molecule has 1 aromatic carbocycles. The fraction of sp³-hybridized carbons (Fsp3) is 0.571. The second-order valence-electron chi connectivity index (χ2n) is 5.74. The molecule has 0 aliphatic heterocycles. The van der Waals surface area contributed by atoms with Gasteiger partial charge >= 0.3 is 0 Å². The van der Waals surface area contributed by atoms with E-state index in [2.05, 4.69) is 52.0 Å². The molecular formula is C14H22ClN. The van der Waals surface area contributed by atoms with E-state index in [4.69, 9.17) is 5.73 Å². The summed E-state index contributed by atoms with van der Waals surface area (Å²) in [7, 11) is 0. The van der Waals surface area contributed by atoms with Gasteiger partial charge in [0.15, 0.2) is 0 Å². The van der Waals surface area contributed by atoms with Crippen LogP contribution >= 0.6 is 12.4 Å². The first kappa shape index (κ1) is 13.5. The highest BCUT2D eigenvalue weighted by Crippen LogP contribution is 2.51. The van der Waals surface area contributed by atoms with Crippen LogP contribution in [0.3, 0.4) is 0 Å². The topological polar surface area (TPSA) is 26.0 Å². The van der Waals surface area contributed by atoms with Crippen LogP contribution in [0, 0.1) is 11.3 Å². The molecule has 1 atom stereocenters. The lowest BCUT2D eigenvalue weighted by molar-refractivity contribution is 0.132. The molecule has 0 amide bonds. The van der Waals surface area contributed by atoms with Crippen molar-refractivity contribution in [3.63, 3.8) is 0 Å². The third-order valence-electron chi connectivity index (χ3n) is 4.13. The molecule has 0 bridgehead atoms. The highest BCUT2D eigenvalue weighted by molar-refractivity contribution is 5.85. The largest absolute Gasteiger partial charge is 0.321 e. The Morgan fingerprint density at radius 3 is 2.31 bits per heavy atom. The molecule has 0 saturated carbocycles. The second kappa shape index (κ2) is 4.05. The number of rotatable bonds is 1. The van der Waals surface area contributed by atoms with Crippen LogP contribution in [-0.2, 0) is 12.0 Å². The predicted octanol–water partition coefficient (Wildman–Crippen LogP) is 3.50. The zero-order chi connectivity index (χ0) is 11.3. The molecule has 0 radical (unpaired) electrons. The number of benzene rings is 1. The van der Waals surface area contributed by atoms with E-state index in [1.165, 1.54) is 11.1 Å². The zero-order valence-corrected chi connectivity index (χ0v) is 11.4. The molecule has 1 aliphatic rings. The number of hydrogen-bond acceptors (Lipinski definition) is 1. The van der Waals surface area contributed by atoms with E-state index in [1.807, 2.05) is 0 Å². The molecule has 1 nitrogen and oxygen atoms in total. The predicted molar refractivity (Wildman–Crippen MR) is 71.9 cm³/mol. The van der Waals surface area contributed by atoms with Crippen molar-refractivity contribution in [1.82, 2.24) is 0 Å². The Labute approximate surface area is 105 Å². The van der Waals surface area contributed by atoms with Crippen LogP contribution in [0.2, 0.25) is 0 Å². The molecule has 90 valence electrons. The number of nitrogens with two attached hydrogens (primary N) is 1. The van der Waals surface area contributed by atoms with Crippen molar-refractivity contribution in [2.24, 2.45) is 17.1 Å². The molecule has 2 rings (SSSR count). The normalized spacial score (nSPS) is 26.4. The van der Waals surface area contributed by atoms with Gasteiger partial charge in [-0.25, -0.2) is 0 Å². The molecule has 0 saturated heterocycles. The van der Waals surface area contributed by atoms with Gasteiger partial charge in [0.1, 0.15) is 0 Å². The summed E-state index contributed by atoms with van der Waals surface area (Å²) in [5.41, 5.74) is 9.45. The van der Waals surface area contributed by atoms with Crippen LogP contribution in [0.5, 0.6) is 0 Å². The summed E-state index contributed by atoms with van der Waals surface area (Å²) in [5, 5.41) is 0. The molecular weight excluding hydrogens is 218 g/mol. The average molecular weight is 240 g/mol. The van der Waals surface area contributed by atoms with Crippen LogP contribution in [0.15, 0.2) is 24.3 Å². The van der Waals surface area contributed by atoms with Crippen molar-refractivity contribution >= 4 is 12.4 Å². The first-order chi connectivity index (χ1) is 6.89. The number of fused-ring (bicyclic) bond motifs is 1. The molecule has 1 aromatic rings. The van der Waals surface area contributed by atoms with E-state index in [-0.39, 0.29) is 23.4 Å². The maximum absolute atomic E-state index is 6.69. The van der Waals surface area contributed by atoms with Crippen LogP contribution in [0.4, 0.5) is 0 Å². The lowest BCUT2D eigenvalue weighted by atomic mass is 9.67. The molecule has 1 unspecified atom stereocenters. The van der Waals surface area contributed by atoms with Crippen molar-refractivity contribution in [1.29, 1.82) is 0 Å². The third kappa shape index (κ3) is 1.57. The number of halogens is 1. The van der Waals surface area contributed by atoms with Crippen LogP contribution < -0.4 is 5.73 Å². The molecule has 0 spiro atoms. The highest BCUT2D eigenvalue weighted by atomic mass is 35.5. The van der Waals surface area contributed by atoms with E-state index in [0.717, 1.165) is 6.42 Å². The van der Waals surface area contributed by atoms with Gasteiger partial charge in [-0.15, -0.1) is 12.4 Å². The van der Waals surface area contributed by atoms with Crippen LogP contribution in [-0.4, -0.2) is 0 Å².